The van der Waals surface area contributed by atoms with Gasteiger partial charge in [0, 0.05) is 29.8 Å². The quantitative estimate of drug-likeness (QED) is 0.238. The van der Waals surface area contributed by atoms with Crippen LogP contribution in [0, 0.1) is 35.3 Å². The molecule has 0 saturated heterocycles. The van der Waals surface area contributed by atoms with Gasteiger partial charge < -0.3 is 15.2 Å². The van der Waals surface area contributed by atoms with Crippen LogP contribution in [0.15, 0.2) is 77.3 Å². The summed E-state index contributed by atoms with van der Waals surface area (Å²) in [6.45, 7) is 4.18. The minimum absolute atomic E-state index is 0.0926. The standard InChI is InChI=1S/C32H29ClN4O5/c1-18-13-20(17-42-23-10-8-22(41-3)9-11-23)19(2)24(14-18)30-25(16-34)32(35)36(27-5-4-6-29(38)31(27)30)28-15-21(37(39)40)7-12-26(28)33/h7-15,30H,4-6,17,35H2,1-3H3. The lowest BCUT2D eigenvalue weighted by atomic mass is 9.73. The van der Waals surface area contributed by atoms with Crippen molar-refractivity contribution in [2.45, 2.75) is 45.6 Å². The van der Waals surface area contributed by atoms with Crippen molar-refractivity contribution in [2.24, 2.45) is 5.73 Å². The molecule has 1 heterocycles. The molecule has 0 aromatic heterocycles. The zero-order valence-electron chi connectivity index (χ0n) is 23.4. The van der Waals surface area contributed by atoms with E-state index < -0.39 is 10.8 Å². The molecule has 9 nitrogen and oxygen atoms in total. The van der Waals surface area contributed by atoms with E-state index in [1.165, 1.54) is 18.2 Å². The summed E-state index contributed by atoms with van der Waals surface area (Å²) in [4.78, 5) is 26.2. The van der Waals surface area contributed by atoms with Crippen molar-refractivity contribution in [1.29, 1.82) is 5.26 Å². The van der Waals surface area contributed by atoms with E-state index in [0.29, 0.717) is 36.3 Å². The second kappa shape index (κ2) is 11.6. The predicted octanol–water partition coefficient (Wildman–Crippen LogP) is 6.76. The van der Waals surface area contributed by atoms with Gasteiger partial charge in [-0.05, 0) is 73.7 Å². The number of aryl methyl sites for hydroxylation is 1. The second-order valence-corrected chi connectivity index (χ2v) is 10.7. The van der Waals surface area contributed by atoms with E-state index in [1.807, 2.05) is 50.2 Å². The summed E-state index contributed by atoms with van der Waals surface area (Å²) < 4.78 is 11.3. The largest absolute Gasteiger partial charge is 0.497 e. The van der Waals surface area contributed by atoms with Crippen LogP contribution in [0.25, 0.3) is 0 Å². The zero-order chi connectivity index (χ0) is 30.1. The number of methoxy groups -OCH3 is 1. The van der Waals surface area contributed by atoms with Crippen LogP contribution in [0.3, 0.4) is 0 Å². The van der Waals surface area contributed by atoms with Gasteiger partial charge in [0.2, 0.25) is 0 Å². The van der Waals surface area contributed by atoms with E-state index in [-0.39, 0.29) is 40.2 Å². The molecule has 2 aliphatic rings. The molecule has 10 heteroatoms. The molecule has 0 radical (unpaired) electrons. The summed E-state index contributed by atoms with van der Waals surface area (Å²) in [7, 11) is 1.60. The Hall–Kier alpha value is -4.81. The van der Waals surface area contributed by atoms with E-state index >= 15 is 0 Å². The fraction of sp³-hybridized carbons (Fsp3) is 0.250. The summed E-state index contributed by atoms with van der Waals surface area (Å²) in [6, 6.07) is 17.6. The van der Waals surface area contributed by atoms with Crippen LogP contribution < -0.4 is 20.1 Å². The number of ketones is 1. The lowest BCUT2D eigenvalue weighted by Gasteiger charge is -2.40. The number of nitrogens with zero attached hydrogens (tertiary/aromatic N) is 3. The maximum atomic E-state index is 13.6. The molecule has 1 unspecified atom stereocenters. The number of hydrogen-bond acceptors (Lipinski definition) is 8. The van der Waals surface area contributed by atoms with Crippen LogP contribution in [0.1, 0.15) is 47.4 Å². The number of nitriles is 1. The number of nitro benzene ring substituents is 1. The van der Waals surface area contributed by atoms with Gasteiger partial charge in [0.1, 0.15) is 23.9 Å². The molecule has 0 amide bonds. The highest BCUT2D eigenvalue weighted by atomic mass is 35.5. The molecule has 1 aliphatic heterocycles. The van der Waals surface area contributed by atoms with Gasteiger partial charge in [0.25, 0.3) is 5.69 Å². The molecule has 0 saturated carbocycles. The molecule has 42 heavy (non-hydrogen) atoms. The van der Waals surface area contributed by atoms with Crippen molar-refractivity contribution in [3.8, 4) is 17.6 Å². The van der Waals surface area contributed by atoms with Gasteiger partial charge in [-0.15, -0.1) is 0 Å². The molecule has 0 bridgehead atoms. The Labute approximate surface area is 248 Å². The Morgan fingerprint density at radius 2 is 1.83 bits per heavy atom. The number of non-ortho nitro benzene ring substituents is 1. The maximum absolute atomic E-state index is 13.6. The lowest BCUT2D eigenvalue weighted by Crippen LogP contribution is -2.39. The molecular weight excluding hydrogens is 556 g/mol. The molecule has 214 valence electrons. The number of rotatable bonds is 7. The summed E-state index contributed by atoms with van der Waals surface area (Å²) in [5.41, 5.74) is 11.5. The molecule has 3 aromatic carbocycles. The van der Waals surface area contributed by atoms with Crippen molar-refractivity contribution in [2.75, 3.05) is 12.0 Å². The Balaban J connectivity index is 1.63. The average molecular weight is 585 g/mol. The minimum atomic E-state index is -0.703. The first-order valence-corrected chi connectivity index (χ1v) is 13.8. The van der Waals surface area contributed by atoms with Crippen LogP contribution in [0.2, 0.25) is 5.02 Å². The van der Waals surface area contributed by atoms with Crippen molar-refractivity contribution in [3.05, 3.63) is 115 Å². The molecule has 3 aromatic rings. The number of nitrogens with two attached hydrogens (primary N) is 1. The fourth-order valence-electron chi connectivity index (χ4n) is 5.71. The number of Topliss-reactive ketones (excluding diaryl/α,β-unsaturated/α-hetero) is 1. The van der Waals surface area contributed by atoms with E-state index in [1.54, 1.807) is 12.0 Å². The number of anilines is 1. The number of halogens is 1. The van der Waals surface area contributed by atoms with Gasteiger partial charge >= 0.3 is 0 Å². The van der Waals surface area contributed by atoms with Gasteiger partial charge in [-0.2, -0.15) is 5.26 Å². The Kier molecular flexibility index (Phi) is 7.92. The third kappa shape index (κ3) is 5.17. The number of allylic oxidation sites excluding steroid dienone is 3. The molecule has 0 fully saturated rings. The smallest absolute Gasteiger partial charge is 0.271 e. The first-order chi connectivity index (χ1) is 20.1. The maximum Gasteiger partial charge on any atom is 0.271 e. The zero-order valence-corrected chi connectivity index (χ0v) is 24.2. The third-order valence-electron chi connectivity index (χ3n) is 7.76. The molecule has 2 N–H and O–H groups in total. The molecule has 5 rings (SSSR count). The average Bonchev–Trinajstić information content (AvgIpc) is 2.97. The predicted molar refractivity (Wildman–Crippen MR) is 159 cm³/mol. The van der Waals surface area contributed by atoms with Gasteiger partial charge in [-0.3, -0.25) is 19.8 Å². The van der Waals surface area contributed by atoms with Gasteiger partial charge in [0.15, 0.2) is 5.78 Å². The summed E-state index contributed by atoms with van der Waals surface area (Å²) >= 11 is 6.53. The summed E-state index contributed by atoms with van der Waals surface area (Å²) in [5, 5.41) is 22.2. The van der Waals surface area contributed by atoms with Gasteiger partial charge in [0.05, 0.1) is 40.3 Å². The number of benzene rings is 3. The second-order valence-electron chi connectivity index (χ2n) is 10.3. The molecule has 1 aliphatic carbocycles. The topological polar surface area (TPSA) is 132 Å². The van der Waals surface area contributed by atoms with Crippen molar-refractivity contribution in [3.63, 3.8) is 0 Å². The van der Waals surface area contributed by atoms with E-state index in [9.17, 15) is 20.2 Å². The molecule has 1 atom stereocenters. The Morgan fingerprint density at radius 3 is 2.50 bits per heavy atom. The number of hydrogen-bond donors (Lipinski definition) is 1. The summed E-state index contributed by atoms with van der Waals surface area (Å²) in [5.74, 6) is 0.699. The van der Waals surface area contributed by atoms with Crippen LogP contribution in [0.4, 0.5) is 11.4 Å². The van der Waals surface area contributed by atoms with Crippen LogP contribution >= 0.6 is 11.6 Å². The Bertz CT molecular complexity index is 1700. The molecule has 0 spiro atoms. The van der Waals surface area contributed by atoms with E-state index in [2.05, 4.69) is 6.07 Å². The fourth-order valence-corrected chi connectivity index (χ4v) is 5.91. The van der Waals surface area contributed by atoms with E-state index in [0.717, 1.165) is 28.0 Å². The van der Waals surface area contributed by atoms with Crippen LogP contribution in [-0.2, 0) is 11.4 Å². The first-order valence-electron chi connectivity index (χ1n) is 13.4. The van der Waals surface area contributed by atoms with Gasteiger partial charge in [-0.1, -0.05) is 29.3 Å². The van der Waals surface area contributed by atoms with Crippen molar-refractivity contribution >= 4 is 28.8 Å². The lowest BCUT2D eigenvalue weighted by molar-refractivity contribution is -0.384. The number of carbonyl (C=O) groups is 1. The van der Waals surface area contributed by atoms with E-state index in [4.69, 9.17) is 26.8 Å². The number of nitro groups is 1. The van der Waals surface area contributed by atoms with Gasteiger partial charge in [-0.25, -0.2) is 0 Å². The van der Waals surface area contributed by atoms with Crippen molar-refractivity contribution < 1.29 is 19.2 Å². The van der Waals surface area contributed by atoms with Crippen molar-refractivity contribution in [1.82, 2.24) is 0 Å². The third-order valence-corrected chi connectivity index (χ3v) is 8.08. The summed E-state index contributed by atoms with van der Waals surface area (Å²) in [6.07, 6.45) is 1.40. The normalized spacial score (nSPS) is 16.7. The highest BCUT2D eigenvalue weighted by Crippen LogP contribution is 2.49. The number of carbonyl (C=O) groups excluding carboxylic acids is 1. The van der Waals surface area contributed by atoms with Crippen LogP contribution in [-0.4, -0.2) is 17.8 Å². The SMILES string of the molecule is COc1ccc(OCc2cc(C)cc(C3C(C#N)=C(N)N(c4cc([N+](=O)[O-])ccc4Cl)C4=C3C(=O)CCC4)c2C)cc1. The first kappa shape index (κ1) is 28.7. The minimum Gasteiger partial charge on any atom is -0.497 e. The Morgan fingerprint density at radius 1 is 1.12 bits per heavy atom. The highest BCUT2D eigenvalue weighted by Gasteiger charge is 2.41. The number of ether oxygens (including phenoxy) is 2. The monoisotopic (exact) mass is 584 g/mol. The molecular formula is C32H29ClN4O5. The van der Waals surface area contributed by atoms with Crippen LogP contribution in [0.5, 0.6) is 11.5 Å². The highest BCUT2D eigenvalue weighted by molar-refractivity contribution is 6.33.